The van der Waals surface area contributed by atoms with E-state index in [9.17, 15) is 18.0 Å². The van der Waals surface area contributed by atoms with Crippen LogP contribution in [0.4, 0.5) is 18.9 Å². The summed E-state index contributed by atoms with van der Waals surface area (Å²) in [5, 5.41) is 12.7. The van der Waals surface area contributed by atoms with Crippen molar-refractivity contribution in [2.24, 2.45) is 0 Å². The lowest BCUT2D eigenvalue weighted by atomic mass is 9.87. The van der Waals surface area contributed by atoms with E-state index in [1.165, 1.54) is 6.07 Å². The van der Waals surface area contributed by atoms with Crippen LogP contribution in [-0.2, 0) is 24.6 Å². The summed E-state index contributed by atoms with van der Waals surface area (Å²) >= 11 is 6.24. The van der Waals surface area contributed by atoms with Gasteiger partial charge in [0.05, 0.1) is 11.1 Å². The van der Waals surface area contributed by atoms with E-state index in [1.807, 2.05) is 24.3 Å². The normalized spacial score (nSPS) is 11.9. The molecular weight excluding hydrogens is 513 g/mol. The van der Waals surface area contributed by atoms with E-state index in [0.29, 0.717) is 34.8 Å². The van der Waals surface area contributed by atoms with Crippen LogP contribution in [0.15, 0.2) is 66.7 Å². The van der Waals surface area contributed by atoms with Crippen LogP contribution in [0.5, 0.6) is 0 Å². The molecule has 0 spiro atoms. The molecule has 3 aromatic rings. The topological polar surface area (TPSA) is 52.6 Å². The highest BCUT2D eigenvalue weighted by Gasteiger charge is 2.30. The average molecular weight is 547 g/mol. The Labute approximate surface area is 227 Å². The van der Waals surface area contributed by atoms with E-state index in [-0.39, 0.29) is 37.4 Å². The van der Waals surface area contributed by atoms with Crippen LogP contribution >= 0.6 is 11.6 Å². The molecule has 3 aromatic carbocycles. The highest BCUT2D eigenvalue weighted by Crippen LogP contribution is 2.30. The van der Waals surface area contributed by atoms with Crippen LogP contribution in [0.3, 0.4) is 0 Å². The number of halogens is 4. The number of alkyl halides is 3. The second-order valence-electron chi connectivity index (χ2n) is 10.3. The predicted octanol–water partition coefficient (Wildman–Crippen LogP) is 7.34. The van der Waals surface area contributed by atoms with Gasteiger partial charge in [-0.25, -0.2) is 0 Å². The third-order valence-electron chi connectivity index (χ3n) is 6.27. The summed E-state index contributed by atoms with van der Waals surface area (Å²) in [6.07, 6.45) is -3.67. The molecule has 3 rings (SSSR count). The summed E-state index contributed by atoms with van der Waals surface area (Å²) in [6, 6.07) is 18.2. The molecule has 0 bridgehead atoms. The lowest BCUT2D eigenvalue weighted by molar-refractivity contribution is -0.137. The molecule has 2 N–H and O–H groups in total. The van der Waals surface area contributed by atoms with Gasteiger partial charge in [0.2, 0.25) is 0 Å². The zero-order valence-electron chi connectivity index (χ0n) is 21.9. The number of rotatable bonds is 10. The Balaban J connectivity index is 1.91. The zero-order valence-corrected chi connectivity index (χ0v) is 22.7. The highest BCUT2D eigenvalue weighted by molar-refractivity contribution is 6.31. The van der Waals surface area contributed by atoms with Crippen LogP contribution in [0.2, 0.25) is 5.02 Å². The van der Waals surface area contributed by atoms with Gasteiger partial charge in [-0.05, 0) is 59.2 Å². The van der Waals surface area contributed by atoms with Gasteiger partial charge in [-0.1, -0.05) is 74.8 Å². The van der Waals surface area contributed by atoms with Crippen LogP contribution in [-0.4, -0.2) is 35.6 Å². The van der Waals surface area contributed by atoms with E-state index in [0.717, 1.165) is 23.3 Å². The van der Waals surface area contributed by atoms with Crippen molar-refractivity contribution in [1.82, 2.24) is 4.90 Å². The van der Waals surface area contributed by atoms with Gasteiger partial charge >= 0.3 is 6.18 Å². The Morgan fingerprint density at radius 1 is 0.947 bits per heavy atom. The predicted molar refractivity (Wildman–Crippen MR) is 147 cm³/mol. The maximum atomic E-state index is 13.8. The van der Waals surface area contributed by atoms with Crippen molar-refractivity contribution in [3.05, 3.63) is 99.6 Å². The van der Waals surface area contributed by atoms with Crippen molar-refractivity contribution < 1.29 is 23.1 Å². The maximum absolute atomic E-state index is 13.8. The third-order valence-corrected chi connectivity index (χ3v) is 6.50. The minimum atomic E-state index is -4.43. The number of anilines is 1. The molecule has 4 nitrogen and oxygen atoms in total. The molecule has 38 heavy (non-hydrogen) atoms. The quantitative estimate of drug-likeness (QED) is 0.262. The fourth-order valence-corrected chi connectivity index (χ4v) is 4.24. The number of aliphatic hydroxyl groups is 1. The zero-order chi connectivity index (χ0) is 27.9. The minimum absolute atomic E-state index is 0.0115. The first-order valence-corrected chi connectivity index (χ1v) is 13.0. The third kappa shape index (κ3) is 8.23. The van der Waals surface area contributed by atoms with E-state index in [4.69, 9.17) is 16.7 Å². The van der Waals surface area contributed by atoms with Gasteiger partial charge in [0.1, 0.15) is 0 Å². The lowest BCUT2D eigenvalue weighted by Gasteiger charge is -2.25. The van der Waals surface area contributed by atoms with Crippen molar-refractivity contribution in [1.29, 1.82) is 0 Å². The number of carbonyl (C=O) groups excluding carboxylic acids is 1. The number of benzene rings is 3. The molecule has 0 aliphatic carbocycles. The lowest BCUT2D eigenvalue weighted by Crippen LogP contribution is -2.33. The van der Waals surface area contributed by atoms with Gasteiger partial charge in [0.15, 0.2) is 0 Å². The van der Waals surface area contributed by atoms with Crippen molar-refractivity contribution >= 4 is 23.2 Å². The molecular formula is C30H34ClF3N2O2. The van der Waals surface area contributed by atoms with Gasteiger partial charge in [0.25, 0.3) is 5.91 Å². The number of aliphatic hydroxyl groups excluding tert-OH is 1. The van der Waals surface area contributed by atoms with Crippen LogP contribution in [0, 0.1) is 0 Å². The summed E-state index contributed by atoms with van der Waals surface area (Å²) in [5.41, 5.74) is 2.78. The molecule has 0 aromatic heterocycles. The summed E-state index contributed by atoms with van der Waals surface area (Å²) in [5.74, 6) is -0.286. The van der Waals surface area contributed by atoms with Crippen LogP contribution < -0.4 is 5.32 Å². The molecule has 0 radical (unpaired) electrons. The van der Waals surface area contributed by atoms with Crippen molar-refractivity contribution in [3.63, 3.8) is 0 Å². The molecule has 204 valence electrons. The van der Waals surface area contributed by atoms with Gasteiger partial charge in [-0.3, -0.25) is 4.79 Å². The highest BCUT2D eigenvalue weighted by atomic mass is 35.5. The Morgan fingerprint density at radius 2 is 1.66 bits per heavy atom. The Morgan fingerprint density at radius 3 is 2.29 bits per heavy atom. The Bertz CT molecular complexity index is 1220. The van der Waals surface area contributed by atoms with E-state index >= 15 is 0 Å². The summed E-state index contributed by atoms with van der Waals surface area (Å²) in [7, 11) is 0. The monoisotopic (exact) mass is 546 g/mol. The first-order valence-electron chi connectivity index (χ1n) is 12.6. The van der Waals surface area contributed by atoms with Crippen molar-refractivity contribution in [2.75, 3.05) is 25.0 Å². The SMILES string of the molecule is CC(C)(C)c1ccc(CN(CCc2cccc(C(F)(F)F)c2)C(=O)c2cc(Cl)ccc2NCCCO)cc1. The van der Waals surface area contributed by atoms with Gasteiger partial charge < -0.3 is 15.3 Å². The molecule has 0 fully saturated rings. The summed E-state index contributed by atoms with van der Waals surface area (Å²) < 4.78 is 39.7. The van der Waals surface area contributed by atoms with Crippen LogP contribution in [0.25, 0.3) is 0 Å². The number of carbonyl (C=O) groups is 1. The number of nitrogens with zero attached hydrogens (tertiary/aromatic N) is 1. The fourth-order valence-electron chi connectivity index (χ4n) is 4.07. The number of amides is 1. The standard InChI is InChI=1S/C30H34ClF3N2O2/c1-29(2,3)23-10-8-22(9-11-23)20-36(16-14-21-6-4-7-24(18-21)30(32,33)34)28(38)26-19-25(31)12-13-27(26)35-15-5-17-37/h4,6-13,18-19,35,37H,5,14-17,20H2,1-3H3. The van der Waals surface area contributed by atoms with Gasteiger partial charge in [-0.15, -0.1) is 0 Å². The molecule has 0 unspecified atom stereocenters. The van der Waals surface area contributed by atoms with Crippen molar-refractivity contribution in [3.8, 4) is 0 Å². The fraction of sp³-hybridized carbons (Fsp3) is 0.367. The second-order valence-corrected chi connectivity index (χ2v) is 10.8. The number of hydrogen-bond acceptors (Lipinski definition) is 3. The molecule has 8 heteroatoms. The van der Waals surface area contributed by atoms with E-state index < -0.39 is 11.7 Å². The first kappa shape index (κ1) is 29.5. The summed E-state index contributed by atoms with van der Waals surface area (Å²) in [4.78, 5) is 15.5. The largest absolute Gasteiger partial charge is 0.416 e. The van der Waals surface area contributed by atoms with E-state index in [2.05, 4.69) is 26.1 Å². The molecule has 0 saturated carbocycles. The molecule has 0 atom stereocenters. The maximum Gasteiger partial charge on any atom is 0.416 e. The Hall–Kier alpha value is -3.03. The molecule has 0 aliphatic rings. The molecule has 0 heterocycles. The van der Waals surface area contributed by atoms with Gasteiger partial charge in [0, 0.05) is 37.0 Å². The minimum Gasteiger partial charge on any atom is -0.396 e. The summed E-state index contributed by atoms with van der Waals surface area (Å²) in [6.45, 7) is 7.34. The number of hydrogen-bond donors (Lipinski definition) is 2. The average Bonchev–Trinajstić information content (AvgIpc) is 2.86. The van der Waals surface area contributed by atoms with E-state index in [1.54, 1.807) is 29.2 Å². The smallest absolute Gasteiger partial charge is 0.396 e. The van der Waals surface area contributed by atoms with Crippen LogP contribution in [0.1, 0.15) is 59.8 Å². The number of nitrogens with one attached hydrogen (secondary N) is 1. The molecule has 1 amide bonds. The first-order chi connectivity index (χ1) is 17.9. The van der Waals surface area contributed by atoms with Crippen molar-refractivity contribution in [2.45, 2.75) is 51.7 Å². The second kappa shape index (κ2) is 12.7. The van der Waals surface area contributed by atoms with Gasteiger partial charge in [-0.2, -0.15) is 13.2 Å². The Kier molecular flexibility index (Phi) is 9.85. The molecule has 0 saturated heterocycles. The molecule has 0 aliphatic heterocycles.